The maximum atomic E-state index is 13.2. The van der Waals surface area contributed by atoms with Crippen LogP contribution in [0.2, 0.25) is 0 Å². The summed E-state index contributed by atoms with van der Waals surface area (Å²) in [5.74, 6) is -0.692. The van der Waals surface area contributed by atoms with E-state index in [1.165, 1.54) is 0 Å². The first-order chi connectivity index (χ1) is 16.9. The lowest BCUT2D eigenvalue weighted by Gasteiger charge is -2.31. The van der Waals surface area contributed by atoms with Gasteiger partial charge in [-0.2, -0.15) is 0 Å². The number of aryl methyl sites for hydroxylation is 1. The van der Waals surface area contributed by atoms with Crippen LogP contribution >= 0.6 is 15.9 Å². The maximum absolute atomic E-state index is 13.2. The van der Waals surface area contributed by atoms with Crippen LogP contribution in [-0.2, 0) is 14.3 Å². The van der Waals surface area contributed by atoms with Crippen LogP contribution in [0.25, 0.3) is 5.76 Å². The SMILES string of the molecule is CCCOc1ccc(C(O)=C2C(=O)C(=O)N(CCN3CCOCC3)[C@@H]2c2ccc(Br)cc2)cc1C. The van der Waals surface area contributed by atoms with Gasteiger partial charge in [-0.05, 0) is 54.8 Å². The zero-order valence-corrected chi connectivity index (χ0v) is 21.7. The third-order valence-electron chi connectivity index (χ3n) is 6.40. The summed E-state index contributed by atoms with van der Waals surface area (Å²) in [7, 11) is 0. The number of aliphatic hydroxyl groups is 1. The van der Waals surface area contributed by atoms with Crippen molar-refractivity contribution in [3.8, 4) is 5.75 Å². The van der Waals surface area contributed by atoms with Crippen LogP contribution in [-0.4, -0.2) is 72.6 Å². The van der Waals surface area contributed by atoms with Crippen molar-refractivity contribution in [2.24, 2.45) is 0 Å². The lowest BCUT2D eigenvalue weighted by molar-refractivity contribution is -0.140. The molecule has 2 aliphatic heterocycles. The van der Waals surface area contributed by atoms with Crippen molar-refractivity contribution in [2.45, 2.75) is 26.3 Å². The number of ketones is 1. The molecular weight excluding hydrogens is 512 g/mol. The second-order valence-corrected chi connectivity index (χ2v) is 9.74. The fourth-order valence-corrected chi connectivity index (χ4v) is 4.77. The van der Waals surface area contributed by atoms with Gasteiger partial charge in [0.05, 0.1) is 31.4 Å². The largest absolute Gasteiger partial charge is 0.507 e. The van der Waals surface area contributed by atoms with Crippen LogP contribution < -0.4 is 4.74 Å². The van der Waals surface area contributed by atoms with Gasteiger partial charge in [-0.25, -0.2) is 0 Å². The molecule has 0 saturated carbocycles. The summed E-state index contributed by atoms with van der Waals surface area (Å²) in [5, 5.41) is 11.3. The predicted molar refractivity (Wildman–Crippen MR) is 137 cm³/mol. The maximum Gasteiger partial charge on any atom is 0.295 e. The number of hydrogen-bond acceptors (Lipinski definition) is 6. The molecule has 2 aliphatic rings. The first kappa shape index (κ1) is 25.4. The molecule has 0 spiro atoms. The average Bonchev–Trinajstić information content (AvgIpc) is 3.12. The highest BCUT2D eigenvalue weighted by Gasteiger charge is 2.46. The van der Waals surface area contributed by atoms with Crippen molar-refractivity contribution in [3.05, 3.63) is 69.2 Å². The molecule has 0 radical (unpaired) electrons. The zero-order valence-electron chi connectivity index (χ0n) is 20.1. The van der Waals surface area contributed by atoms with Crippen LogP contribution in [0.15, 0.2) is 52.5 Å². The summed E-state index contributed by atoms with van der Waals surface area (Å²) < 4.78 is 12.1. The fraction of sp³-hybridized carbons (Fsp3) is 0.407. The Labute approximate surface area is 214 Å². The molecule has 1 atom stereocenters. The van der Waals surface area contributed by atoms with Crippen LogP contribution in [0.5, 0.6) is 5.75 Å². The number of aliphatic hydroxyl groups excluding tert-OH is 1. The van der Waals surface area contributed by atoms with Crippen LogP contribution in [0.4, 0.5) is 0 Å². The normalized spacial score (nSPS) is 20.4. The van der Waals surface area contributed by atoms with Gasteiger partial charge in [-0.15, -0.1) is 0 Å². The molecule has 2 aromatic carbocycles. The van der Waals surface area contributed by atoms with Gasteiger partial charge in [0.1, 0.15) is 11.5 Å². The Bertz CT molecular complexity index is 1110. The highest BCUT2D eigenvalue weighted by atomic mass is 79.9. The number of carbonyl (C=O) groups is 2. The number of carbonyl (C=O) groups excluding carboxylic acids is 2. The molecule has 2 heterocycles. The number of halogens is 1. The Morgan fingerprint density at radius 1 is 1.11 bits per heavy atom. The van der Waals surface area contributed by atoms with Crippen molar-refractivity contribution >= 4 is 33.4 Å². The molecule has 186 valence electrons. The van der Waals surface area contributed by atoms with Crippen LogP contribution in [0, 0.1) is 6.92 Å². The second-order valence-electron chi connectivity index (χ2n) is 8.83. The minimum absolute atomic E-state index is 0.112. The molecular formula is C27H31BrN2O5. The van der Waals surface area contributed by atoms with E-state index in [0.717, 1.165) is 40.9 Å². The van der Waals surface area contributed by atoms with E-state index >= 15 is 0 Å². The number of Topliss-reactive ketones (excluding diaryl/α,β-unsaturated/α-hetero) is 1. The lowest BCUT2D eigenvalue weighted by Crippen LogP contribution is -2.42. The van der Waals surface area contributed by atoms with Crippen molar-refractivity contribution in [1.82, 2.24) is 9.80 Å². The number of rotatable bonds is 8. The molecule has 0 unspecified atom stereocenters. The van der Waals surface area contributed by atoms with Gasteiger partial charge in [0.2, 0.25) is 0 Å². The molecule has 4 rings (SSSR count). The Morgan fingerprint density at radius 2 is 1.83 bits per heavy atom. The number of ether oxygens (including phenoxy) is 2. The number of nitrogens with zero attached hydrogens (tertiary/aromatic N) is 2. The Kier molecular flexibility index (Phi) is 8.26. The summed E-state index contributed by atoms with van der Waals surface area (Å²) >= 11 is 3.45. The number of hydrogen-bond donors (Lipinski definition) is 1. The summed E-state index contributed by atoms with van der Waals surface area (Å²) in [6, 6.07) is 12.2. The molecule has 2 aromatic rings. The third kappa shape index (κ3) is 5.60. The van der Waals surface area contributed by atoms with E-state index in [-0.39, 0.29) is 11.3 Å². The highest BCUT2D eigenvalue weighted by Crippen LogP contribution is 2.40. The number of amides is 1. The molecule has 35 heavy (non-hydrogen) atoms. The van der Waals surface area contributed by atoms with E-state index in [1.54, 1.807) is 23.1 Å². The van der Waals surface area contributed by atoms with Crippen LogP contribution in [0.1, 0.15) is 36.1 Å². The van der Waals surface area contributed by atoms with Gasteiger partial charge >= 0.3 is 0 Å². The minimum Gasteiger partial charge on any atom is -0.507 e. The van der Waals surface area contributed by atoms with Gasteiger partial charge in [-0.3, -0.25) is 14.5 Å². The number of morpholine rings is 1. The zero-order chi connectivity index (χ0) is 24.9. The minimum atomic E-state index is -0.666. The molecule has 0 aliphatic carbocycles. The van der Waals surface area contributed by atoms with Crippen molar-refractivity contribution < 1.29 is 24.2 Å². The van der Waals surface area contributed by atoms with Gasteiger partial charge < -0.3 is 19.5 Å². The van der Waals surface area contributed by atoms with Gasteiger partial charge in [0.15, 0.2) is 0 Å². The van der Waals surface area contributed by atoms with E-state index in [9.17, 15) is 14.7 Å². The highest BCUT2D eigenvalue weighted by molar-refractivity contribution is 9.10. The quantitative estimate of drug-likeness (QED) is 0.304. The first-order valence-corrected chi connectivity index (χ1v) is 12.8. The molecule has 8 heteroatoms. The predicted octanol–water partition coefficient (Wildman–Crippen LogP) is 4.30. The van der Waals surface area contributed by atoms with Crippen molar-refractivity contribution in [1.29, 1.82) is 0 Å². The first-order valence-electron chi connectivity index (χ1n) is 12.0. The van der Waals surface area contributed by atoms with Crippen molar-refractivity contribution in [2.75, 3.05) is 46.0 Å². The van der Waals surface area contributed by atoms with E-state index in [0.29, 0.717) is 38.5 Å². The molecule has 2 saturated heterocycles. The average molecular weight is 543 g/mol. The lowest BCUT2D eigenvalue weighted by atomic mass is 9.95. The van der Waals surface area contributed by atoms with Gasteiger partial charge in [-0.1, -0.05) is 35.0 Å². The number of benzene rings is 2. The smallest absolute Gasteiger partial charge is 0.295 e. The summed E-state index contributed by atoms with van der Waals surface area (Å²) in [5.41, 5.74) is 2.22. The van der Waals surface area contributed by atoms with E-state index < -0.39 is 17.7 Å². The molecule has 0 bridgehead atoms. The second kappa shape index (κ2) is 11.4. The molecule has 2 fully saturated rings. The number of likely N-dealkylation sites (tertiary alicyclic amines) is 1. The summed E-state index contributed by atoms with van der Waals surface area (Å²) in [4.78, 5) is 30.2. The van der Waals surface area contributed by atoms with E-state index in [1.807, 2.05) is 38.1 Å². The monoisotopic (exact) mass is 542 g/mol. The van der Waals surface area contributed by atoms with Crippen molar-refractivity contribution in [3.63, 3.8) is 0 Å². The standard InChI is InChI=1S/C27H31BrN2O5/c1-3-14-35-22-9-6-20(17-18(22)2)25(31)23-24(19-4-7-21(28)8-5-19)30(27(33)26(23)32)11-10-29-12-15-34-16-13-29/h4-9,17,24,31H,3,10-16H2,1-2H3/t24-/m1/s1. The Hall–Kier alpha value is -2.68. The molecule has 0 aromatic heterocycles. The summed E-state index contributed by atoms with van der Waals surface area (Å²) in [6.45, 7) is 8.45. The summed E-state index contributed by atoms with van der Waals surface area (Å²) in [6.07, 6.45) is 0.891. The topological polar surface area (TPSA) is 79.3 Å². The molecule has 1 N–H and O–H groups in total. The molecule has 7 nitrogen and oxygen atoms in total. The Balaban J connectivity index is 1.71. The Morgan fingerprint density at radius 3 is 2.49 bits per heavy atom. The van der Waals surface area contributed by atoms with Gasteiger partial charge in [0.25, 0.3) is 11.7 Å². The van der Waals surface area contributed by atoms with E-state index in [2.05, 4.69) is 20.8 Å². The third-order valence-corrected chi connectivity index (χ3v) is 6.93. The van der Waals surface area contributed by atoms with Gasteiger partial charge in [0, 0.05) is 36.2 Å². The fourth-order valence-electron chi connectivity index (χ4n) is 4.50. The van der Waals surface area contributed by atoms with Crippen LogP contribution in [0.3, 0.4) is 0 Å². The van der Waals surface area contributed by atoms with E-state index in [4.69, 9.17) is 9.47 Å². The molecule has 1 amide bonds.